The number of nitrogen functional groups attached to an aromatic ring is 1. The summed E-state index contributed by atoms with van der Waals surface area (Å²) >= 11 is 0. The number of carbonyl (C=O) groups is 1. The van der Waals surface area contributed by atoms with E-state index in [0.29, 0.717) is 11.6 Å². The maximum atomic E-state index is 13.0. The van der Waals surface area contributed by atoms with Gasteiger partial charge < -0.3 is 15.7 Å². The second-order valence-electron chi connectivity index (χ2n) is 6.32. The van der Waals surface area contributed by atoms with Gasteiger partial charge in [0.15, 0.2) is 0 Å². The lowest BCUT2D eigenvalue weighted by atomic mass is 9.92. The van der Waals surface area contributed by atoms with Crippen molar-refractivity contribution in [2.75, 3.05) is 5.73 Å². The number of phenols is 1. The molecule has 2 rings (SSSR count). The number of hydrogen-bond donors (Lipinski definition) is 2. The van der Waals surface area contributed by atoms with Gasteiger partial charge in [0, 0.05) is 17.6 Å². The lowest BCUT2D eigenvalue weighted by Crippen LogP contribution is -2.46. The number of amides is 1. The van der Waals surface area contributed by atoms with Gasteiger partial charge in [-0.3, -0.25) is 4.79 Å². The number of carbonyl (C=O) groups excluding carboxylic acids is 1. The van der Waals surface area contributed by atoms with Crippen molar-refractivity contribution >= 4 is 11.6 Å². The molecule has 1 aromatic carbocycles. The van der Waals surface area contributed by atoms with E-state index in [2.05, 4.69) is 13.8 Å². The van der Waals surface area contributed by atoms with Crippen molar-refractivity contribution < 1.29 is 9.90 Å². The molecule has 1 amide bonds. The fourth-order valence-electron chi connectivity index (χ4n) is 3.26. The van der Waals surface area contributed by atoms with E-state index in [1.165, 1.54) is 19.3 Å². The van der Waals surface area contributed by atoms with Gasteiger partial charge in [-0.1, -0.05) is 19.3 Å². The molecule has 0 bridgehead atoms. The van der Waals surface area contributed by atoms with Crippen LogP contribution in [0.3, 0.4) is 0 Å². The SMILES string of the molecule is Cc1cc(O)c(N)cc1C(=O)N(C(C)C)C1CCCCC1. The highest BCUT2D eigenvalue weighted by molar-refractivity contribution is 5.97. The van der Waals surface area contributed by atoms with E-state index >= 15 is 0 Å². The molecule has 21 heavy (non-hydrogen) atoms. The summed E-state index contributed by atoms with van der Waals surface area (Å²) in [6, 6.07) is 3.66. The number of nitrogens with two attached hydrogens (primary N) is 1. The minimum atomic E-state index is 0.0288. The summed E-state index contributed by atoms with van der Waals surface area (Å²) in [4.78, 5) is 15.0. The zero-order valence-electron chi connectivity index (χ0n) is 13.2. The van der Waals surface area contributed by atoms with Crippen molar-refractivity contribution in [3.63, 3.8) is 0 Å². The average molecular weight is 290 g/mol. The van der Waals surface area contributed by atoms with Crippen molar-refractivity contribution in [2.45, 2.75) is 65.0 Å². The fraction of sp³-hybridized carbons (Fsp3) is 0.588. The Morgan fingerprint density at radius 1 is 1.29 bits per heavy atom. The molecule has 0 aromatic heterocycles. The molecule has 0 saturated heterocycles. The van der Waals surface area contributed by atoms with Gasteiger partial charge in [-0.2, -0.15) is 0 Å². The van der Waals surface area contributed by atoms with E-state index in [-0.39, 0.29) is 23.4 Å². The Hall–Kier alpha value is -1.71. The average Bonchev–Trinajstić information content (AvgIpc) is 2.43. The third kappa shape index (κ3) is 3.31. The molecule has 116 valence electrons. The third-order valence-corrected chi connectivity index (χ3v) is 4.36. The van der Waals surface area contributed by atoms with Crippen LogP contribution in [0, 0.1) is 6.92 Å². The molecule has 0 aliphatic heterocycles. The van der Waals surface area contributed by atoms with E-state index in [4.69, 9.17) is 5.73 Å². The molecule has 3 N–H and O–H groups in total. The molecule has 1 aliphatic rings. The van der Waals surface area contributed by atoms with Crippen molar-refractivity contribution in [3.05, 3.63) is 23.3 Å². The van der Waals surface area contributed by atoms with Gasteiger partial charge in [0.1, 0.15) is 5.75 Å². The first-order chi connectivity index (χ1) is 9.91. The number of benzene rings is 1. The van der Waals surface area contributed by atoms with E-state index in [1.807, 2.05) is 11.8 Å². The molecule has 0 spiro atoms. The van der Waals surface area contributed by atoms with Gasteiger partial charge in [0.2, 0.25) is 0 Å². The Kier molecular flexibility index (Phi) is 4.76. The maximum absolute atomic E-state index is 13.0. The van der Waals surface area contributed by atoms with E-state index in [0.717, 1.165) is 18.4 Å². The molecule has 0 unspecified atom stereocenters. The van der Waals surface area contributed by atoms with Gasteiger partial charge in [-0.15, -0.1) is 0 Å². The summed E-state index contributed by atoms with van der Waals surface area (Å²) in [5, 5.41) is 9.65. The zero-order chi connectivity index (χ0) is 15.6. The predicted molar refractivity (Wildman–Crippen MR) is 85.4 cm³/mol. The van der Waals surface area contributed by atoms with Gasteiger partial charge in [0.25, 0.3) is 5.91 Å². The standard InChI is InChI=1S/C17H26N2O2/c1-11(2)19(13-7-5-4-6-8-13)17(21)14-10-15(18)16(20)9-12(14)3/h9-11,13,20H,4-8,18H2,1-3H3. The van der Waals surface area contributed by atoms with E-state index in [9.17, 15) is 9.90 Å². The minimum absolute atomic E-state index is 0.0288. The predicted octanol–water partition coefficient (Wildman–Crippen LogP) is 3.47. The highest BCUT2D eigenvalue weighted by atomic mass is 16.3. The lowest BCUT2D eigenvalue weighted by Gasteiger charge is -2.37. The first-order valence-electron chi connectivity index (χ1n) is 7.83. The van der Waals surface area contributed by atoms with Crippen LogP contribution < -0.4 is 5.73 Å². The van der Waals surface area contributed by atoms with Crippen LogP contribution in [0.5, 0.6) is 5.75 Å². The Bertz CT molecular complexity index is 520. The van der Waals surface area contributed by atoms with Crippen molar-refractivity contribution in [1.29, 1.82) is 0 Å². The van der Waals surface area contributed by atoms with Gasteiger partial charge in [0.05, 0.1) is 5.69 Å². The first-order valence-corrected chi connectivity index (χ1v) is 7.83. The quantitative estimate of drug-likeness (QED) is 0.661. The Morgan fingerprint density at radius 2 is 1.90 bits per heavy atom. The second kappa shape index (κ2) is 6.37. The smallest absolute Gasteiger partial charge is 0.254 e. The van der Waals surface area contributed by atoms with Crippen molar-refractivity contribution in [2.24, 2.45) is 0 Å². The number of aryl methyl sites for hydroxylation is 1. The summed E-state index contributed by atoms with van der Waals surface area (Å²) < 4.78 is 0. The van der Waals surface area contributed by atoms with Crippen LogP contribution in [0.4, 0.5) is 5.69 Å². The lowest BCUT2D eigenvalue weighted by molar-refractivity contribution is 0.0554. The second-order valence-corrected chi connectivity index (χ2v) is 6.32. The zero-order valence-corrected chi connectivity index (χ0v) is 13.2. The number of nitrogens with zero attached hydrogens (tertiary/aromatic N) is 1. The molecule has 1 aromatic rings. The summed E-state index contributed by atoms with van der Waals surface area (Å²) in [5.74, 6) is 0.0684. The third-order valence-electron chi connectivity index (χ3n) is 4.36. The maximum Gasteiger partial charge on any atom is 0.254 e. The molecule has 4 nitrogen and oxygen atoms in total. The molecule has 0 heterocycles. The first kappa shape index (κ1) is 15.7. The number of hydrogen-bond acceptors (Lipinski definition) is 3. The number of phenolic OH excluding ortho intramolecular Hbond substituents is 1. The number of anilines is 1. The molecule has 0 radical (unpaired) electrons. The Labute approximate surface area is 126 Å². The van der Waals surface area contributed by atoms with Crippen LogP contribution in [0.15, 0.2) is 12.1 Å². The van der Waals surface area contributed by atoms with Crippen LogP contribution in [0.25, 0.3) is 0 Å². The molecular formula is C17H26N2O2. The van der Waals surface area contributed by atoms with Gasteiger partial charge >= 0.3 is 0 Å². The Balaban J connectivity index is 2.32. The summed E-state index contributed by atoms with van der Waals surface area (Å²) in [6.07, 6.45) is 5.81. The molecule has 4 heteroatoms. The largest absolute Gasteiger partial charge is 0.506 e. The molecule has 1 saturated carbocycles. The van der Waals surface area contributed by atoms with Crippen molar-refractivity contribution in [3.8, 4) is 5.75 Å². The summed E-state index contributed by atoms with van der Waals surface area (Å²) in [5.41, 5.74) is 7.39. The van der Waals surface area contributed by atoms with E-state index in [1.54, 1.807) is 12.1 Å². The van der Waals surface area contributed by atoms with Crippen LogP contribution >= 0.6 is 0 Å². The van der Waals surface area contributed by atoms with Gasteiger partial charge in [-0.25, -0.2) is 0 Å². The number of aromatic hydroxyl groups is 1. The number of rotatable bonds is 3. The highest BCUT2D eigenvalue weighted by Gasteiger charge is 2.29. The van der Waals surface area contributed by atoms with Crippen LogP contribution in [0.2, 0.25) is 0 Å². The van der Waals surface area contributed by atoms with Crippen LogP contribution in [-0.2, 0) is 0 Å². The molecular weight excluding hydrogens is 264 g/mol. The minimum Gasteiger partial charge on any atom is -0.506 e. The monoisotopic (exact) mass is 290 g/mol. The molecule has 1 aliphatic carbocycles. The van der Waals surface area contributed by atoms with Crippen LogP contribution in [0.1, 0.15) is 61.9 Å². The van der Waals surface area contributed by atoms with Crippen LogP contribution in [-0.4, -0.2) is 28.0 Å². The topological polar surface area (TPSA) is 66.6 Å². The molecule has 1 fully saturated rings. The highest BCUT2D eigenvalue weighted by Crippen LogP contribution is 2.29. The Morgan fingerprint density at radius 3 is 2.48 bits per heavy atom. The summed E-state index contributed by atoms with van der Waals surface area (Å²) in [7, 11) is 0. The fourth-order valence-corrected chi connectivity index (χ4v) is 3.26. The molecule has 0 atom stereocenters. The van der Waals surface area contributed by atoms with Crippen molar-refractivity contribution in [1.82, 2.24) is 4.90 Å². The normalized spacial score (nSPS) is 16.2. The van der Waals surface area contributed by atoms with E-state index < -0.39 is 0 Å². The summed E-state index contributed by atoms with van der Waals surface area (Å²) in [6.45, 7) is 5.96. The van der Waals surface area contributed by atoms with Gasteiger partial charge in [-0.05, 0) is 51.3 Å².